The molecule has 6 nitrogen and oxygen atoms in total. The number of amides is 1. The zero-order valence-electron chi connectivity index (χ0n) is 12.5. The summed E-state index contributed by atoms with van der Waals surface area (Å²) in [6.07, 6.45) is 3.80. The van der Waals surface area contributed by atoms with Crippen molar-refractivity contribution in [2.24, 2.45) is 5.92 Å². The summed E-state index contributed by atoms with van der Waals surface area (Å²) >= 11 is 0. The van der Waals surface area contributed by atoms with E-state index < -0.39 is 0 Å². The Morgan fingerprint density at radius 1 is 1.52 bits per heavy atom. The van der Waals surface area contributed by atoms with Crippen molar-refractivity contribution in [3.63, 3.8) is 0 Å². The molecule has 1 aliphatic heterocycles. The van der Waals surface area contributed by atoms with E-state index >= 15 is 0 Å². The van der Waals surface area contributed by atoms with Crippen LogP contribution in [0.2, 0.25) is 0 Å². The lowest BCUT2D eigenvalue weighted by atomic mass is 9.98. The maximum absolute atomic E-state index is 12.3. The van der Waals surface area contributed by atoms with Crippen LogP contribution in [0.3, 0.4) is 0 Å². The number of rotatable bonds is 6. The third kappa shape index (κ3) is 2.85. The molecule has 1 aliphatic carbocycles. The highest BCUT2D eigenvalue weighted by atomic mass is 16.5. The summed E-state index contributed by atoms with van der Waals surface area (Å²) in [5.74, 6) is 0.647. The molecule has 1 amide bonds. The van der Waals surface area contributed by atoms with Crippen LogP contribution in [0.1, 0.15) is 37.1 Å². The molecule has 6 heteroatoms. The lowest BCUT2D eigenvalue weighted by molar-refractivity contribution is -0.134. The predicted octanol–water partition coefficient (Wildman–Crippen LogP) is 1.34. The van der Waals surface area contributed by atoms with Gasteiger partial charge >= 0.3 is 0 Å². The van der Waals surface area contributed by atoms with E-state index in [2.05, 4.69) is 23.8 Å². The van der Waals surface area contributed by atoms with Crippen LogP contribution in [-0.2, 0) is 22.6 Å². The third-order valence-corrected chi connectivity index (χ3v) is 4.11. The highest BCUT2D eigenvalue weighted by Gasteiger charge is 2.38. The summed E-state index contributed by atoms with van der Waals surface area (Å²) in [6.45, 7) is 8.89. The SMILES string of the molecule is C=CCOCC1CN(C(=O)C2CC2)Cc2nnn(CC)c21. The van der Waals surface area contributed by atoms with Gasteiger partial charge in [0.05, 0.1) is 25.5 Å². The Morgan fingerprint density at radius 3 is 3.00 bits per heavy atom. The van der Waals surface area contributed by atoms with Crippen molar-refractivity contribution >= 4 is 5.91 Å². The zero-order valence-corrected chi connectivity index (χ0v) is 12.5. The van der Waals surface area contributed by atoms with Gasteiger partial charge in [-0.25, -0.2) is 4.68 Å². The van der Waals surface area contributed by atoms with Gasteiger partial charge in [0.1, 0.15) is 5.69 Å². The molecule has 0 N–H and O–H groups in total. The second-order valence-corrected chi connectivity index (χ2v) is 5.75. The number of hydrogen-bond donors (Lipinski definition) is 0. The Hall–Kier alpha value is -1.69. The zero-order chi connectivity index (χ0) is 14.8. The third-order valence-electron chi connectivity index (χ3n) is 4.11. The topological polar surface area (TPSA) is 60.2 Å². The fourth-order valence-electron chi connectivity index (χ4n) is 2.93. The minimum absolute atomic E-state index is 0.145. The molecule has 2 aliphatic rings. The van der Waals surface area contributed by atoms with E-state index in [9.17, 15) is 4.79 Å². The van der Waals surface area contributed by atoms with Gasteiger partial charge in [-0.2, -0.15) is 0 Å². The lowest BCUT2D eigenvalue weighted by Crippen LogP contribution is -2.41. The van der Waals surface area contributed by atoms with Crippen molar-refractivity contribution in [2.45, 2.75) is 38.8 Å². The summed E-state index contributed by atoms with van der Waals surface area (Å²) in [7, 11) is 0. The molecule has 1 aromatic rings. The van der Waals surface area contributed by atoms with Crippen LogP contribution in [0.4, 0.5) is 0 Å². The average molecular weight is 290 g/mol. The largest absolute Gasteiger partial charge is 0.377 e. The van der Waals surface area contributed by atoms with E-state index in [4.69, 9.17) is 4.74 Å². The molecule has 0 aromatic carbocycles. The Kier molecular flexibility index (Phi) is 4.05. The molecule has 0 bridgehead atoms. The fraction of sp³-hybridized carbons (Fsp3) is 0.667. The predicted molar refractivity (Wildman–Crippen MR) is 77.6 cm³/mol. The number of aryl methyl sites for hydroxylation is 1. The molecule has 1 fully saturated rings. The van der Waals surface area contributed by atoms with E-state index in [0.717, 1.165) is 30.8 Å². The first-order valence-corrected chi connectivity index (χ1v) is 7.64. The number of hydrogen-bond acceptors (Lipinski definition) is 4. The van der Waals surface area contributed by atoms with Gasteiger partial charge in [-0.05, 0) is 19.8 Å². The molecule has 0 spiro atoms. The van der Waals surface area contributed by atoms with Crippen molar-refractivity contribution in [1.29, 1.82) is 0 Å². The Morgan fingerprint density at radius 2 is 2.33 bits per heavy atom. The van der Waals surface area contributed by atoms with Crippen LogP contribution in [0.15, 0.2) is 12.7 Å². The Labute approximate surface area is 124 Å². The van der Waals surface area contributed by atoms with E-state index in [1.807, 2.05) is 9.58 Å². The summed E-state index contributed by atoms with van der Waals surface area (Å²) in [6, 6.07) is 0. The smallest absolute Gasteiger partial charge is 0.226 e. The van der Waals surface area contributed by atoms with Crippen LogP contribution in [-0.4, -0.2) is 45.6 Å². The first-order chi connectivity index (χ1) is 10.2. The number of nitrogens with zero attached hydrogens (tertiary/aromatic N) is 4. The van der Waals surface area contributed by atoms with E-state index in [1.165, 1.54) is 0 Å². The fourth-order valence-corrected chi connectivity index (χ4v) is 2.93. The second kappa shape index (κ2) is 5.97. The molecule has 21 heavy (non-hydrogen) atoms. The first-order valence-electron chi connectivity index (χ1n) is 7.64. The first kappa shape index (κ1) is 14.3. The van der Waals surface area contributed by atoms with Gasteiger partial charge < -0.3 is 9.64 Å². The molecular weight excluding hydrogens is 268 g/mol. The van der Waals surface area contributed by atoms with Crippen molar-refractivity contribution in [3.8, 4) is 0 Å². The maximum atomic E-state index is 12.3. The molecule has 2 heterocycles. The number of ether oxygens (including phenoxy) is 1. The average Bonchev–Trinajstić information content (AvgIpc) is 3.26. The summed E-state index contributed by atoms with van der Waals surface area (Å²) in [5, 5.41) is 8.46. The molecule has 1 saturated carbocycles. The molecule has 1 unspecified atom stereocenters. The number of aromatic nitrogens is 3. The van der Waals surface area contributed by atoms with Gasteiger partial charge in [-0.15, -0.1) is 11.7 Å². The van der Waals surface area contributed by atoms with Crippen molar-refractivity contribution in [2.75, 3.05) is 19.8 Å². The van der Waals surface area contributed by atoms with E-state index in [-0.39, 0.29) is 17.7 Å². The molecule has 0 saturated heterocycles. The monoisotopic (exact) mass is 290 g/mol. The highest BCUT2D eigenvalue weighted by molar-refractivity contribution is 5.81. The standard InChI is InChI=1S/C15H22N4O2/c1-3-7-21-10-12-8-18(15(20)11-5-6-11)9-13-14(12)19(4-2)17-16-13/h3,11-12H,1,4-10H2,2H3. The van der Waals surface area contributed by atoms with E-state index in [0.29, 0.717) is 26.3 Å². The van der Waals surface area contributed by atoms with Gasteiger partial charge in [0.15, 0.2) is 0 Å². The minimum Gasteiger partial charge on any atom is -0.377 e. The quantitative estimate of drug-likeness (QED) is 0.586. The number of fused-ring (bicyclic) bond motifs is 1. The molecule has 0 radical (unpaired) electrons. The highest BCUT2D eigenvalue weighted by Crippen LogP contribution is 2.34. The van der Waals surface area contributed by atoms with Crippen LogP contribution < -0.4 is 0 Å². The van der Waals surface area contributed by atoms with Gasteiger partial charge in [0.25, 0.3) is 0 Å². The van der Waals surface area contributed by atoms with Gasteiger partial charge in [0.2, 0.25) is 5.91 Å². The minimum atomic E-state index is 0.145. The van der Waals surface area contributed by atoms with Crippen LogP contribution >= 0.6 is 0 Å². The summed E-state index contributed by atoms with van der Waals surface area (Å²) in [5.41, 5.74) is 2.05. The Balaban J connectivity index is 1.79. The van der Waals surface area contributed by atoms with Crippen LogP contribution in [0, 0.1) is 5.92 Å². The van der Waals surface area contributed by atoms with Crippen LogP contribution in [0.25, 0.3) is 0 Å². The molecule has 114 valence electrons. The van der Waals surface area contributed by atoms with Gasteiger partial charge in [-0.1, -0.05) is 11.3 Å². The van der Waals surface area contributed by atoms with Crippen molar-refractivity contribution < 1.29 is 9.53 Å². The maximum Gasteiger partial charge on any atom is 0.226 e. The van der Waals surface area contributed by atoms with Gasteiger partial charge in [0, 0.05) is 24.9 Å². The normalized spacial score (nSPS) is 21.2. The Bertz CT molecular complexity index is 536. The number of carbonyl (C=O) groups is 1. The molecule has 3 rings (SSSR count). The summed E-state index contributed by atoms with van der Waals surface area (Å²) in [4.78, 5) is 14.3. The van der Waals surface area contributed by atoms with E-state index in [1.54, 1.807) is 6.08 Å². The molecule has 1 atom stereocenters. The van der Waals surface area contributed by atoms with Crippen LogP contribution in [0.5, 0.6) is 0 Å². The molecule has 1 aromatic heterocycles. The number of carbonyl (C=O) groups excluding carboxylic acids is 1. The molecular formula is C15H22N4O2. The second-order valence-electron chi connectivity index (χ2n) is 5.75. The lowest BCUT2D eigenvalue weighted by Gasteiger charge is -2.32. The van der Waals surface area contributed by atoms with Crippen molar-refractivity contribution in [1.82, 2.24) is 19.9 Å². The summed E-state index contributed by atoms with van der Waals surface area (Å²) < 4.78 is 7.55. The van der Waals surface area contributed by atoms with Crippen molar-refractivity contribution in [3.05, 3.63) is 24.0 Å². The van der Waals surface area contributed by atoms with Gasteiger partial charge in [-0.3, -0.25) is 4.79 Å².